The lowest BCUT2D eigenvalue weighted by Gasteiger charge is -2.13. The summed E-state index contributed by atoms with van der Waals surface area (Å²) >= 11 is 0. The van der Waals surface area contributed by atoms with E-state index in [2.05, 4.69) is 5.32 Å². The van der Waals surface area contributed by atoms with Gasteiger partial charge in [0.1, 0.15) is 5.75 Å². The lowest BCUT2D eigenvalue weighted by molar-refractivity contribution is 0.0915. The zero-order chi connectivity index (χ0) is 17.0. The highest BCUT2D eigenvalue weighted by atomic mass is 19.2. The van der Waals surface area contributed by atoms with Crippen molar-refractivity contribution in [3.05, 3.63) is 65.0 Å². The van der Waals surface area contributed by atoms with Crippen molar-refractivity contribution in [3.63, 3.8) is 0 Å². The van der Waals surface area contributed by atoms with Crippen molar-refractivity contribution in [3.8, 4) is 5.75 Å². The van der Waals surface area contributed by atoms with Crippen molar-refractivity contribution in [2.24, 2.45) is 0 Å². The van der Waals surface area contributed by atoms with Gasteiger partial charge in [-0.3, -0.25) is 4.79 Å². The number of carbonyl (C=O) groups is 1. The Morgan fingerprint density at radius 2 is 1.87 bits per heavy atom. The van der Waals surface area contributed by atoms with Crippen LogP contribution in [-0.2, 0) is 0 Å². The van der Waals surface area contributed by atoms with E-state index in [0.717, 1.165) is 0 Å². The number of hydrogen-bond acceptors (Lipinski definition) is 3. The summed E-state index contributed by atoms with van der Waals surface area (Å²) in [6.45, 7) is -0.188. The molecular formula is C16H14F3NO3. The summed E-state index contributed by atoms with van der Waals surface area (Å²) in [5.41, 5.74) is 0.125. The van der Waals surface area contributed by atoms with E-state index in [1.165, 1.54) is 7.11 Å². The van der Waals surface area contributed by atoms with Crippen molar-refractivity contribution in [1.29, 1.82) is 0 Å². The number of ether oxygens (including phenoxy) is 1. The number of benzene rings is 2. The van der Waals surface area contributed by atoms with Gasteiger partial charge in [-0.15, -0.1) is 0 Å². The van der Waals surface area contributed by atoms with Gasteiger partial charge in [-0.1, -0.05) is 12.1 Å². The molecule has 0 spiro atoms. The first-order valence-electron chi connectivity index (χ1n) is 6.67. The molecule has 0 heterocycles. The zero-order valence-corrected chi connectivity index (χ0v) is 12.1. The maximum absolute atomic E-state index is 13.1. The van der Waals surface area contributed by atoms with Gasteiger partial charge < -0.3 is 15.2 Å². The van der Waals surface area contributed by atoms with E-state index >= 15 is 0 Å². The largest absolute Gasteiger partial charge is 0.497 e. The summed E-state index contributed by atoms with van der Waals surface area (Å²) < 4.78 is 44.0. The van der Waals surface area contributed by atoms with Crippen molar-refractivity contribution in [2.45, 2.75) is 6.10 Å². The van der Waals surface area contributed by atoms with Crippen LogP contribution in [0.4, 0.5) is 13.2 Å². The Balaban J connectivity index is 2.03. The first-order chi connectivity index (χ1) is 10.9. The number of nitrogens with one attached hydrogen (secondary N) is 1. The van der Waals surface area contributed by atoms with Crippen LogP contribution in [0.15, 0.2) is 36.4 Å². The molecular weight excluding hydrogens is 311 g/mol. The van der Waals surface area contributed by atoms with Crippen LogP contribution in [0.25, 0.3) is 0 Å². The predicted molar refractivity (Wildman–Crippen MR) is 76.6 cm³/mol. The third-order valence-electron chi connectivity index (χ3n) is 3.18. The fourth-order valence-electron chi connectivity index (χ4n) is 1.94. The van der Waals surface area contributed by atoms with Crippen molar-refractivity contribution in [1.82, 2.24) is 5.32 Å². The average molecular weight is 325 g/mol. The fourth-order valence-corrected chi connectivity index (χ4v) is 1.94. The highest BCUT2D eigenvalue weighted by Gasteiger charge is 2.16. The molecule has 122 valence electrons. The van der Waals surface area contributed by atoms with E-state index in [0.29, 0.717) is 23.4 Å². The van der Waals surface area contributed by atoms with E-state index in [9.17, 15) is 23.1 Å². The topological polar surface area (TPSA) is 58.6 Å². The third-order valence-corrected chi connectivity index (χ3v) is 3.18. The SMILES string of the molecule is COc1cccc(C(O)CNC(=O)c2cc(F)c(F)c(F)c2)c1. The number of aliphatic hydroxyl groups excluding tert-OH is 1. The summed E-state index contributed by atoms with van der Waals surface area (Å²) in [5, 5.41) is 12.3. The van der Waals surface area contributed by atoms with Crippen LogP contribution in [0, 0.1) is 17.5 Å². The molecule has 0 saturated carbocycles. The van der Waals surface area contributed by atoms with Gasteiger partial charge in [0.05, 0.1) is 13.2 Å². The summed E-state index contributed by atoms with van der Waals surface area (Å²) in [6, 6.07) is 7.77. The monoisotopic (exact) mass is 325 g/mol. The molecule has 0 bridgehead atoms. The summed E-state index contributed by atoms with van der Waals surface area (Å²) in [6.07, 6.45) is -1.04. The van der Waals surface area contributed by atoms with Crippen LogP contribution in [0.2, 0.25) is 0 Å². The molecule has 1 atom stereocenters. The van der Waals surface area contributed by atoms with Crippen LogP contribution in [0.3, 0.4) is 0 Å². The minimum absolute atomic E-state index is 0.188. The first-order valence-corrected chi connectivity index (χ1v) is 6.67. The van der Waals surface area contributed by atoms with Crippen LogP contribution >= 0.6 is 0 Å². The second kappa shape index (κ2) is 7.15. The molecule has 23 heavy (non-hydrogen) atoms. The smallest absolute Gasteiger partial charge is 0.251 e. The molecule has 4 nitrogen and oxygen atoms in total. The van der Waals surface area contributed by atoms with Gasteiger partial charge in [-0.25, -0.2) is 13.2 Å². The maximum Gasteiger partial charge on any atom is 0.251 e. The Kier molecular flexibility index (Phi) is 5.23. The number of rotatable bonds is 5. The molecule has 0 saturated heterocycles. The zero-order valence-electron chi connectivity index (χ0n) is 12.1. The second-order valence-electron chi connectivity index (χ2n) is 4.76. The van der Waals surface area contributed by atoms with Crippen LogP contribution in [0.1, 0.15) is 22.0 Å². The predicted octanol–water partition coefficient (Wildman–Crippen LogP) is 2.58. The molecule has 2 rings (SSSR count). The molecule has 2 aromatic carbocycles. The first kappa shape index (κ1) is 16.8. The van der Waals surface area contributed by atoms with E-state index in [1.807, 2.05) is 0 Å². The van der Waals surface area contributed by atoms with Gasteiger partial charge >= 0.3 is 0 Å². The molecule has 0 fully saturated rings. The van der Waals surface area contributed by atoms with E-state index < -0.39 is 29.5 Å². The molecule has 0 radical (unpaired) electrons. The number of aliphatic hydroxyl groups is 1. The standard InChI is InChI=1S/C16H14F3NO3/c1-23-11-4-2-3-9(5-11)14(21)8-20-16(22)10-6-12(17)15(19)13(18)7-10/h2-7,14,21H,8H2,1H3,(H,20,22). The van der Waals surface area contributed by atoms with Gasteiger partial charge in [0.25, 0.3) is 5.91 Å². The molecule has 2 N–H and O–H groups in total. The minimum atomic E-state index is -1.64. The van der Waals surface area contributed by atoms with Crippen LogP contribution in [0.5, 0.6) is 5.75 Å². The number of amides is 1. The maximum atomic E-state index is 13.1. The third kappa shape index (κ3) is 4.01. The molecule has 7 heteroatoms. The molecule has 0 aromatic heterocycles. The van der Waals surface area contributed by atoms with E-state index in [-0.39, 0.29) is 12.1 Å². The Morgan fingerprint density at radius 3 is 2.48 bits per heavy atom. The molecule has 1 amide bonds. The molecule has 0 aliphatic heterocycles. The quantitative estimate of drug-likeness (QED) is 0.831. The highest BCUT2D eigenvalue weighted by Crippen LogP contribution is 2.19. The van der Waals surface area contributed by atoms with Gasteiger partial charge in [0.2, 0.25) is 0 Å². The van der Waals surface area contributed by atoms with Gasteiger partial charge in [0.15, 0.2) is 17.5 Å². The fraction of sp³-hybridized carbons (Fsp3) is 0.188. The van der Waals surface area contributed by atoms with E-state index in [1.54, 1.807) is 24.3 Å². The molecule has 1 unspecified atom stereocenters. The normalized spacial score (nSPS) is 11.9. The van der Waals surface area contributed by atoms with Crippen molar-refractivity contribution in [2.75, 3.05) is 13.7 Å². The number of methoxy groups -OCH3 is 1. The van der Waals surface area contributed by atoms with Crippen LogP contribution < -0.4 is 10.1 Å². The number of halogens is 3. The Labute approximate surface area is 130 Å². The summed E-state index contributed by atoms with van der Waals surface area (Å²) in [5.74, 6) is -4.84. The Morgan fingerprint density at radius 1 is 1.22 bits per heavy atom. The highest BCUT2D eigenvalue weighted by molar-refractivity contribution is 5.94. The lowest BCUT2D eigenvalue weighted by atomic mass is 10.1. The average Bonchev–Trinajstić information content (AvgIpc) is 2.56. The second-order valence-corrected chi connectivity index (χ2v) is 4.76. The summed E-state index contributed by atoms with van der Waals surface area (Å²) in [4.78, 5) is 11.8. The Bertz CT molecular complexity index is 698. The summed E-state index contributed by atoms with van der Waals surface area (Å²) in [7, 11) is 1.48. The van der Waals surface area contributed by atoms with Crippen molar-refractivity contribution < 1.29 is 27.8 Å². The van der Waals surface area contributed by atoms with Gasteiger partial charge in [0, 0.05) is 12.1 Å². The van der Waals surface area contributed by atoms with E-state index in [4.69, 9.17) is 4.74 Å². The lowest BCUT2D eigenvalue weighted by Crippen LogP contribution is -2.28. The van der Waals surface area contributed by atoms with Gasteiger partial charge in [-0.05, 0) is 29.8 Å². The molecule has 0 aliphatic rings. The minimum Gasteiger partial charge on any atom is -0.497 e. The molecule has 2 aromatic rings. The molecule has 0 aliphatic carbocycles. The van der Waals surface area contributed by atoms with Crippen molar-refractivity contribution >= 4 is 5.91 Å². The van der Waals surface area contributed by atoms with Crippen LogP contribution in [-0.4, -0.2) is 24.7 Å². The van der Waals surface area contributed by atoms with Gasteiger partial charge in [-0.2, -0.15) is 0 Å². The number of hydrogen-bond donors (Lipinski definition) is 2. The number of carbonyl (C=O) groups excluding carboxylic acids is 1. The Hall–Kier alpha value is -2.54.